The number of para-hydroxylation sites is 1. The molecular formula is C49H36Cl2N4O5. The van der Waals surface area contributed by atoms with Crippen molar-refractivity contribution < 1.29 is 4.74 Å². The van der Waals surface area contributed by atoms with E-state index >= 15 is 0 Å². The maximum Gasteiger partial charge on any atom is 0.336 e. The number of aryl methyl sites for hydroxylation is 2. The maximum absolute atomic E-state index is 13.2. The molecule has 0 amide bonds. The number of nitrogens with zero attached hydrogens (tertiary/aromatic N) is 4. The van der Waals surface area contributed by atoms with Gasteiger partial charge in [-0.15, -0.1) is 0 Å². The van der Waals surface area contributed by atoms with Crippen molar-refractivity contribution in [1.82, 2.24) is 18.3 Å². The molecule has 0 spiro atoms. The van der Waals surface area contributed by atoms with Crippen LogP contribution in [-0.4, -0.2) is 32.0 Å². The first-order valence-electron chi connectivity index (χ1n) is 18.8. The number of hydrogen-bond acceptors (Lipinski definition) is 5. The van der Waals surface area contributed by atoms with Gasteiger partial charge in [0.05, 0.1) is 56.4 Å². The summed E-state index contributed by atoms with van der Waals surface area (Å²) in [6, 6.07) is 41.8. The van der Waals surface area contributed by atoms with E-state index in [-0.39, 0.29) is 15.6 Å². The minimum Gasteiger partial charge on any atom is -0.383 e. The summed E-state index contributed by atoms with van der Waals surface area (Å²) >= 11 is 13.0. The van der Waals surface area contributed by atoms with Crippen molar-refractivity contribution in [3.63, 3.8) is 0 Å². The molecule has 11 heteroatoms. The largest absolute Gasteiger partial charge is 0.383 e. The zero-order valence-corrected chi connectivity index (χ0v) is 34.3. The third kappa shape index (κ3) is 8.51. The Morgan fingerprint density at radius 3 is 1.60 bits per heavy atom. The first-order valence-corrected chi connectivity index (χ1v) is 19.5. The predicted octanol–water partition coefficient (Wildman–Crippen LogP) is 7.90. The van der Waals surface area contributed by atoms with E-state index < -0.39 is 16.9 Å². The molecule has 6 aromatic carbocycles. The summed E-state index contributed by atoms with van der Waals surface area (Å²) in [5.41, 5.74) is 4.07. The summed E-state index contributed by atoms with van der Waals surface area (Å²) in [5, 5.41) is 1.49. The fourth-order valence-corrected chi connectivity index (χ4v) is 7.20. The summed E-state index contributed by atoms with van der Waals surface area (Å²) < 4.78 is 10.4. The molecular weight excluding hydrogens is 795 g/mol. The summed E-state index contributed by atoms with van der Waals surface area (Å²) in [6.45, 7) is 2.50. The van der Waals surface area contributed by atoms with E-state index in [1.165, 1.54) is 9.13 Å². The number of fused-ring (bicyclic) bond motifs is 2. The third-order valence-corrected chi connectivity index (χ3v) is 10.3. The van der Waals surface area contributed by atoms with Crippen LogP contribution in [-0.2, 0) is 18.3 Å². The van der Waals surface area contributed by atoms with Gasteiger partial charge in [-0.2, -0.15) is 0 Å². The molecule has 2 heterocycles. The Morgan fingerprint density at radius 2 is 1.05 bits per heavy atom. The van der Waals surface area contributed by atoms with E-state index in [9.17, 15) is 19.2 Å². The number of rotatable bonds is 5. The Balaban J connectivity index is 0.000000182. The van der Waals surface area contributed by atoms with E-state index in [2.05, 4.69) is 23.7 Å². The molecule has 8 rings (SSSR count). The Kier molecular flexibility index (Phi) is 12.4. The van der Waals surface area contributed by atoms with Crippen LogP contribution >= 0.6 is 23.2 Å². The van der Waals surface area contributed by atoms with E-state index in [4.69, 9.17) is 27.9 Å². The van der Waals surface area contributed by atoms with Gasteiger partial charge in [-0.1, -0.05) is 108 Å². The number of benzene rings is 6. The molecule has 0 aliphatic heterocycles. The lowest BCUT2D eigenvalue weighted by atomic mass is 10.1. The van der Waals surface area contributed by atoms with Gasteiger partial charge in [0, 0.05) is 36.4 Å². The first-order chi connectivity index (χ1) is 29.1. The van der Waals surface area contributed by atoms with Crippen molar-refractivity contribution in [3.05, 3.63) is 219 Å². The zero-order valence-electron chi connectivity index (χ0n) is 32.8. The van der Waals surface area contributed by atoms with E-state index in [1.54, 1.807) is 80.9 Å². The Bertz CT molecular complexity index is 3290. The molecule has 0 saturated heterocycles. The highest BCUT2D eigenvalue weighted by Gasteiger charge is 2.18. The lowest BCUT2D eigenvalue weighted by Crippen LogP contribution is -2.39. The quantitative estimate of drug-likeness (QED) is 0.165. The third-order valence-electron chi connectivity index (χ3n) is 9.70. The summed E-state index contributed by atoms with van der Waals surface area (Å²) in [6.07, 6.45) is 0. The molecule has 0 N–H and O–H groups in total. The first kappa shape index (κ1) is 41.0. The summed E-state index contributed by atoms with van der Waals surface area (Å²) in [7, 11) is 3.21. The number of aromatic nitrogens is 4. The molecule has 0 unspecified atom stereocenters. The van der Waals surface area contributed by atoms with Gasteiger partial charge in [-0.05, 0) is 91.3 Å². The average Bonchev–Trinajstić information content (AvgIpc) is 3.26. The Morgan fingerprint density at radius 1 is 0.550 bits per heavy atom. The van der Waals surface area contributed by atoms with Crippen molar-refractivity contribution in [2.75, 3.05) is 13.7 Å². The molecule has 0 radical (unpaired) electrons. The van der Waals surface area contributed by atoms with Crippen molar-refractivity contribution in [2.45, 2.75) is 13.5 Å². The standard InChI is InChI=1S/C25H19ClN2O3.C24H17ClN2O2/c1-31-16-15-27-22-10-6-5-9-20(22)24(29)28(25(27)30)23-14-13-19(17-21(23)26)12-11-18-7-3-2-4-8-18;1-16-7-6-10-21-22(16)23(28)27(24(29)26(21)2)20-14-13-18(15-19(20)25)12-11-17-8-4-3-5-9-17/h2-10,13-14,17H,15-16H2,1H3;3-10,13-15H,1-2H3. The second kappa shape index (κ2) is 18.2. The predicted molar refractivity (Wildman–Crippen MR) is 240 cm³/mol. The fraction of sp³-hybridized carbons (Fsp3) is 0.102. The summed E-state index contributed by atoms with van der Waals surface area (Å²) in [5.74, 6) is 12.2. The summed E-state index contributed by atoms with van der Waals surface area (Å²) in [4.78, 5) is 52.4. The Hall–Kier alpha value is -7.14. The molecule has 2 aromatic heterocycles. The van der Waals surface area contributed by atoms with E-state index in [0.29, 0.717) is 57.5 Å². The van der Waals surface area contributed by atoms with Crippen molar-refractivity contribution >= 4 is 45.0 Å². The molecule has 60 heavy (non-hydrogen) atoms. The van der Waals surface area contributed by atoms with Gasteiger partial charge in [0.2, 0.25) is 0 Å². The van der Waals surface area contributed by atoms with Gasteiger partial charge in [0.15, 0.2) is 0 Å². The van der Waals surface area contributed by atoms with Gasteiger partial charge in [0.25, 0.3) is 11.1 Å². The second-order valence-electron chi connectivity index (χ2n) is 13.6. The highest BCUT2D eigenvalue weighted by molar-refractivity contribution is 6.32. The van der Waals surface area contributed by atoms with Crippen LogP contribution in [0.1, 0.15) is 27.8 Å². The lowest BCUT2D eigenvalue weighted by molar-refractivity contribution is 0.187. The van der Waals surface area contributed by atoms with Crippen LogP contribution in [0.2, 0.25) is 10.0 Å². The number of hydrogen-bond donors (Lipinski definition) is 0. The van der Waals surface area contributed by atoms with Gasteiger partial charge in [-0.25, -0.2) is 18.7 Å². The van der Waals surface area contributed by atoms with Gasteiger partial charge in [0.1, 0.15) is 0 Å². The molecule has 9 nitrogen and oxygen atoms in total. The minimum absolute atomic E-state index is 0.271. The smallest absolute Gasteiger partial charge is 0.336 e. The van der Waals surface area contributed by atoms with Crippen LogP contribution in [0.15, 0.2) is 159 Å². The normalized spacial score (nSPS) is 10.6. The zero-order chi connectivity index (χ0) is 42.3. The monoisotopic (exact) mass is 830 g/mol. The number of halogens is 2. The van der Waals surface area contributed by atoms with Crippen LogP contribution < -0.4 is 22.5 Å². The Labute approximate surface area is 354 Å². The van der Waals surface area contributed by atoms with Crippen LogP contribution in [0, 0.1) is 30.6 Å². The van der Waals surface area contributed by atoms with Gasteiger partial charge < -0.3 is 4.74 Å². The fourth-order valence-electron chi connectivity index (χ4n) is 6.67. The highest BCUT2D eigenvalue weighted by Crippen LogP contribution is 2.23. The average molecular weight is 832 g/mol. The van der Waals surface area contributed by atoms with Gasteiger partial charge >= 0.3 is 11.4 Å². The molecule has 0 saturated carbocycles. The van der Waals surface area contributed by atoms with Gasteiger partial charge in [-0.3, -0.25) is 18.7 Å². The molecule has 296 valence electrons. The lowest BCUT2D eigenvalue weighted by Gasteiger charge is -2.14. The van der Waals surface area contributed by atoms with E-state index in [1.807, 2.05) is 79.7 Å². The topological polar surface area (TPSA) is 97.2 Å². The highest BCUT2D eigenvalue weighted by atomic mass is 35.5. The number of ether oxygens (including phenoxy) is 1. The van der Waals surface area contributed by atoms with E-state index in [0.717, 1.165) is 25.8 Å². The van der Waals surface area contributed by atoms with Crippen LogP contribution in [0.3, 0.4) is 0 Å². The van der Waals surface area contributed by atoms with Crippen LogP contribution in [0.4, 0.5) is 0 Å². The van der Waals surface area contributed by atoms with Crippen LogP contribution in [0.25, 0.3) is 33.2 Å². The van der Waals surface area contributed by atoms with Crippen molar-refractivity contribution in [1.29, 1.82) is 0 Å². The minimum atomic E-state index is -0.467. The maximum atomic E-state index is 13.2. The van der Waals surface area contributed by atoms with Crippen molar-refractivity contribution in [3.8, 4) is 35.1 Å². The molecule has 0 bridgehead atoms. The molecule has 8 aromatic rings. The molecule has 0 aliphatic rings. The molecule has 0 fully saturated rings. The molecule has 0 atom stereocenters. The van der Waals surface area contributed by atoms with Crippen molar-refractivity contribution in [2.24, 2.45) is 7.05 Å². The SMILES string of the molecule is COCCn1c(=O)n(-c2ccc(C#Cc3ccccc3)cc2Cl)c(=O)c2ccccc21.Cc1cccc2c1c(=O)n(-c1ccc(C#Cc3ccccc3)cc1Cl)c(=O)n2C. The molecule has 0 aliphatic carbocycles. The second-order valence-corrected chi connectivity index (χ2v) is 14.4. The van der Waals surface area contributed by atoms with Crippen LogP contribution in [0.5, 0.6) is 0 Å². The number of methoxy groups -OCH3 is 1.